The van der Waals surface area contributed by atoms with Crippen molar-refractivity contribution in [1.82, 2.24) is 20.3 Å². The summed E-state index contributed by atoms with van der Waals surface area (Å²) in [4.78, 5) is 13.8. The number of carbonyl (C=O) groups is 1. The van der Waals surface area contributed by atoms with Gasteiger partial charge >= 0.3 is 0 Å². The molecular formula is C20H22ClN5OS. The summed E-state index contributed by atoms with van der Waals surface area (Å²) in [7, 11) is 0. The molecule has 0 saturated carbocycles. The van der Waals surface area contributed by atoms with Crippen molar-refractivity contribution >= 4 is 30.1 Å². The van der Waals surface area contributed by atoms with Crippen molar-refractivity contribution in [3.8, 4) is 5.69 Å². The summed E-state index contributed by atoms with van der Waals surface area (Å²) in [6.45, 7) is 2.92. The van der Waals surface area contributed by atoms with Crippen LogP contribution in [0.4, 0.5) is 0 Å². The number of halogens is 1. The topological polar surface area (TPSA) is 85.8 Å². The SMILES string of the molecule is Cc1ccc2c(c1)C[C@@H](C(=O)NCc1cccc(-n3cc(CN)nn3)c1)S2.Cl. The number of carbonyl (C=O) groups excluding carboxylic acids is 1. The van der Waals surface area contributed by atoms with Crippen LogP contribution in [0.25, 0.3) is 5.69 Å². The number of benzene rings is 2. The van der Waals surface area contributed by atoms with E-state index in [9.17, 15) is 4.79 Å². The Morgan fingerprint density at radius 1 is 1.32 bits per heavy atom. The number of hydrogen-bond donors (Lipinski definition) is 2. The Hall–Kier alpha value is -2.35. The summed E-state index contributed by atoms with van der Waals surface area (Å²) in [6.07, 6.45) is 2.60. The number of nitrogens with zero attached hydrogens (tertiary/aromatic N) is 3. The van der Waals surface area contributed by atoms with E-state index in [4.69, 9.17) is 5.73 Å². The van der Waals surface area contributed by atoms with E-state index in [1.54, 1.807) is 16.4 Å². The van der Waals surface area contributed by atoms with Gasteiger partial charge in [0.05, 0.1) is 22.8 Å². The van der Waals surface area contributed by atoms with Crippen LogP contribution in [-0.4, -0.2) is 26.2 Å². The number of fused-ring (bicyclic) bond motifs is 1. The van der Waals surface area contributed by atoms with Crippen LogP contribution in [0.5, 0.6) is 0 Å². The molecule has 3 aromatic rings. The molecule has 8 heteroatoms. The van der Waals surface area contributed by atoms with Crippen molar-refractivity contribution in [2.24, 2.45) is 5.73 Å². The fourth-order valence-corrected chi connectivity index (χ4v) is 4.35. The summed E-state index contributed by atoms with van der Waals surface area (Å²) >= 11 is 1.65. The van der Waals surface area contributed by atoms with Crippen LogP contribution in [0.15, 0.2) is 53.6 Å². The summed E-state index contributed by atoms with van der Waals surface area (Å²) in [6, 6.07) is 14.3. The van der Waals surface area contributed by atoms with Gasteiger partial charge in [0.15, 0.2) is 0 Å². The predicted molar refractivity (Wildman–Crippen MR) is 113 cm³/mol. The average molecular weight is 416 g/mol. The first-order valence-corrected chi connectivity index (χ1v) is 9.75. The van der Waals surface area contributed by atoms with Crippen LogP contribution in [0, 0.1) is 6.92 Å². The quantitative estimate of drug-likeness (QED) is 0.669. The first-order chi connectivity index (χ1) is 13.1. The molecule has 0 radical (unpaired) electrons. The van der Waals surface area contributed by atoms with Gasteiger partial charge in [0.1, 0.15) is 0 Å². The highest BCUT2D eigenvalue weighted by atomic mass is 35.5. The van der Waals surface area contributed by atoms with Crippen molar-refractivity contribution in [3.05, 3.63) is 71.0 Å². The third-order valence-corrected chi connectivity index (χ3v) is 5.89. The van der Waals surface area contributed by atoms with Gasteiger partial charge < -0.3 is 11.1 Å². The fraction of sp³-hybridized carbons (Fsp3) is 0.250. The van der Waals surface area contributed by atoms with Crippen molar-refractivity contribution in [2.75, 3.05) is 0 Å². The maximum atomic E-state index is 12.6. The van der Waals surface area contributed by atoms with E-state index in [-0.39, 0.29) is 23.6 Å². The highest BCUT2D eigenvalue weighted by molar-refractivity contribution is 8.01. The molecular weight excluding hydrogens is 394 g/mol. The molecule has 146 valence electrons. The zero-order valence-electron chi connectivity index (χ0n) is 15.5. The van der Waals surface area contributed by atoms with Crippen LogP contribution in [-0.2, 0) is 24.3 Å². The Morgan fingerprint density at radius 3 is 2.96 bits per heavy atom. The Bertz CT molecular complexity index is 990. The number of amides is 1. The van der Waals surface area contributed by atoms with E-state index >= 15 is 0 Å². The summed E-state index contributed by atoms with van der Waals surface area (Å²) in [5.74, 6) is 0.0745. The highest BCUT2D eigenvalue weighted by Gasteiger charge is 2.28. The molecule has 2 heterocycles. The van der Waals surface area contributed by atoms with Crippen molar-refractivity contribution in [3.63, 3.8) is 0 Å². The molecule has 1 atom stereocenters. The number of aryl methyl sites for hydroxylation is 1. The Balaban J connectivity index is 0.00000225. The smallest absolute Gasteiger partial charge is 0.234 e. The second-order valence-electron chi connectivity index (χ2n) is 6.67. The number of nitrogens with two attached hydrogens (primary N) is 1. The molecule has 3 N–H and O–H groups in total. The first kappa shape index (κ1) is 20.4. The van der Waals surface area contributed by atoms with Gasteiger partial charge in [-0.1, -0.05) is 35.0 Å². The second kappa shape index (κ2) is 8.77. The fourth-order valence-electron chi connectivity index (χ4n) is 3.15. The Kier molecular flexibility index (Phi) is 6.39. The van der Waals surface area contributed by atoms with E-state index in [0.29, 0.717) is 13.1 Å². The molecule has 2 aromatic carbocycles. The lowest BCUT2D eigenvalue weighted by molar-refractivity contribution is -0.120. The molecule has 6 nitrogen and oxygen atoms in total. The molecule has 1 aliphatic heterocycles. The van der Waals surface area contributed by atoms with Gasteiger partial charge in [0.25, 0.3) is 0 Å². The number of hydrogen-bond acceptors (Lipinski definition) is 5. The zero-order valence-corrected chi connectivity index (χ0v) is 17.1. The molecule has 0 fully saturated rings. The van der Waals surface area contributed by atoms with Crippen LogP contribution < -0.4 is 11.1 Å². The first-order valence-electron chi connectivity index (χ1n) is 8.87. The number of rotatable bonds is 5. The largest absolute Gasteiger partial charge is 0.351 e. The van der Waals surface area contributed by atoms with Gasteiger partial charge in [-0.05, 0) is 42.7 Å². The minimum Gasteiger partial charge on any atom is -0.351 e. The molecule has 0 bridgehead atoms. The van der Waals surface area contributed by atoms with Gasteiger partial charge in [0.2, 0.25) is 5.91 Å². The van der Waals surface area contributed by atoms with Crippen LogP contribution >= 0.6 is 24.2 Å². The Morgan fingerprint density at radius 2 is 2.18 bits per heavy atom. The van der Waals surface area contributed by atoms with Gasteiger partial charge in [-0.3, -0.25) is 4.79 Å². The van der Waals surface area contributed by atoms with E-state index in [1.165, 1.54) is 16.0 Å². The third-order valence-electron chi connectivity index (χ3n) is 4.57. The normalized spacial score (nSPS) is 15.0. The molecule has 28 heavy (non-hydrogen) atoms. The van der Waals surface area contributed by atoms with Crippen LogP contribution in [0.2, 0.25) is 0 Å². The second-order valence-corrected chi connectivity index (χ2v) is 7.91. The summed E-state index contributed by atoms with van der Waals surface area (Å²) < 4.78 is 1.69. The zero-order chi connectivity index (χ0) is 18.8. The van der Waals surface area contributed by atoms with Gasteiger partial charge in [-0.25, -0.2) is 4.68 Å². The van der Waals surface area contributed by atoms with E-state index in [0.717, 1.165) is 23.4 Å². The number of thioether (sulfide) groups is 1. The molecule has 0 saturated heterocycles. The number of nitrogens with one attached hydrogen (secondary N) is 1. The minimum absolute atomic E-state index is 0. The molecule has 1 aliphatic rings. The van der Waals surface area contributed by atoms with Gasteiger partial charge in [-0.15, -0.1) is 29.3 Å². The molecule has 1 amide bonds. The summed E-state index contributed by atoms with van der Waals surface area (Å²) in [5, 5.41) is 11.1. The van der Waals surface area contributed by atoms with E-state index < -0.39 is 0 Å². The maximum Gasteiger partial charge on any atom is 0.234 e. The molecule has 0 unspecified atom stereocenters. The molecule has 0 aliphatic carbocycles. The van der Waals surface area contributed by atoms with E-state index in [2.05, 4.69) is 40.8 Å². The lowest BCUT2D eigenvalue weighted by Crippen LogP contribution is -2.32. The average Bonchev–Trinajstić information content (AvgIpc) is 3.33. The standard InChI is InChI=1S/C20H21N5OS.ClH/c1-13-5-6-18-15(7-13)9-19(27-18)20(26)22-11-14-3-2-4-17(8-14)25-12-16(10-21)23-24-25;/h2-8,12,19H,9-11,21H2,1H3,(H,22,26);1H/t19-;/m0./s1. The van der Waals surface area contributed by atoms with Crippen molar-refractivity contribution in [2.45, 2.75) is 36.6 Å². The van der Waals surface area contributed by atoms with Crippen molar-refractivity contribution in [1.29, 1.82) is 0 Å². The number of aromatic nitrogens is 3. The monoisotopic (exact) mass is 415 g/mol. The molecule has 0 spiro atoms. The summed E-state index contributed by atoms with van der Waals surface area (Å²) in [5.41, 5.74) is 10.7. The van der Waals surface area contributed by atoms with Crippen LogP contribution in [0.1, 0.15) is 22.4 Å². The minimum atomic E-state index is -0.0626. The van der Waals surface area contributed by atoms with Crippen LogP contribution in [0.3, 0.4) is 0 Å². The van der Waals surface area contributed by atoms with Crippen molar-refractivity contribution < 1.29 is 4.79 Å². The third kappa shape index (κ3) is 4.38. The lowest BCUT2D eigenvalue weighted by atomic mass is 10.1. The predicted octanol–water partition coefficient (Wildman–Crippen LogP) is 2.79. The van der Waals surface area contributed by atoms with Gasteiger partial charge in [-0.2, -0.15) is 0 Å². The lowest BCUT2D eigenvalue weighted by Gasteiger charge is -2.11. The van der Waals surface area contributed by atoms with E-state index in [1.807, 2.05) is 30.5 Å². The molecule has 4 rings (SSSR count). The van der Waals surface area contributed by atoms with Gasteiger partial charge in [0, 0.05) is 18.0 Å². The Labute approximate surface area is 174 Å². The maximum absolute atomic E-state index is 12.6. The molecule has 1 aromatic heterocycles. The highest BCUT2D eigenvalue weighted by Crippen LogP contribution is 2.37.